The van der Waals surface area contributed by atoms with Gasteiger partial charge in [-0.1, -0.05) is 17.7 Å². The van der Waals surface area contributed by atoms with Crippen LogP contribution in [0.1, 0.15) is 67.4 Å². The number of hydrogen-bond acceptors (Lipinski definition) is 7. The van der Waals surface area contributed by atoms with Crippen LogP contribution in [0.5, 0.6) is 0 Å². The zero-order valence-corrected chi connectivity index (χ0v) is 24.5. The first kappa shape index (κ1) is 28.4. The number of hydrogen-bond donors (Lipinski definition) is 2. The van der Waals surface area contributed by atoms with E-state index in [0.717, 1.165) is 25.0 Å². The first-order valence-electron chi connectivity index (χ1n) is 14.3. The van der Waals surface area contributed by atoms with E-state index in [1.165, 1.54) is 35.7 Å². The fourth-order valence-corrected chi connectivity index (χ4v) is 7.90. The SMILES string of the molecule is O=C(N[C@H]1CC2=C(c3ccn(C(F)F)n3)[C@H](c3ccc(F)cc3Cl)N=C(c3nccs3)N2C1)N1[C@@H]2CCC[C@H]1C[C@H](O)C2. The van der Waals surface area contributed by atoms with Crippen LogP contribution < -0.4 is 5.32 Å². The van der Waals surface area contributed by atoms with Gasteiger partial charge in [-0.2, -0.15) is 13.9 Å². The smallest absolute Gasteiger partial charge is 0.333 e. The van der Waals surface area contributed by atoms with Crippen LogP contribution in [0, 0.1) is 5.82 Å². The number of amidine groups is 1. The maximum absolute atomic E-state index is 14.1. The van der Waals surface area contributed by atoms with Crippen molar-refractivity contribution < 1.29 is 23.1 Å². The van der Waals surface area contributed by atoms with Gasteiger partial charge in [0.2, 0.25) is 0 Å². The van der Waals surface area contributed by atoms with Crippen LogP contribution in [-0.4, -0.2) is 72.3 Å². The van der Waals surface area contributed by atoms with E-state index in [1.807, 2.05) is 15.2 Å². The Hall–Kier alpha value is -3.42. The minimum Gasteiger partial charge on any atom is -0.393 e. The number of nitrogens with one attached hydrogen (secondary N) is 1. The van der Waals surface area contributed by atoms with Gasteiger partial charge in [0.25, 0.3) is 0 Å². The Morgan fingerprint density at radius 2 is 1.98 bits per heavy atom. The van der Waals surface area contributed by atoms with Crippen LogP contribution in [0.2, 0.25) is 5.02 Å². The lowest BCUT2D eigenvalue weighted by Crippen LogP contribution is -2.60. The number of rotatable bonds is 5. The molecule has 2 amide bonds. The first-order chi connectivity index (χ1) is 20.8. The summed E-state index contributed by atoms with van der Waals surface area (Å²) in [5.41, 5.74) is 2.10. The molecule has 0 aliphatic carbocycles. The summed E-state index contributed by atoms with van der Waals surface area (Å²) in [5, 5.41) is 20.3. The van der Waals surface area contributed by atoms with E-state index in [1.54, 1.807) is 12.3 Å². The molecule has 2 bridgehead atoms. The van der Waals surface area contributed by atoms with Crippen molar-refractivity contribution in [3.63, 3.8) is 0 Å². The minimum absolute atomic E-state index is 0.00276. The molecule has 0 radical (unpaired) electrons. The van der Waals surface area contributed by atoms with Crippen LogP contribution >= 0.6 is 22.9 Å². The van der Waals surface area contributed by atoms with Gasteiger partial charge in [0.1, 0.15) is 11.9 Å². The van der Waals surface area contributed by atoms with E-state index in [-0.39, 0.29) is 29.2 Å². The van der Waals surface area contributed by atoms with Crippen molar-refractivity contribution in [1.29, 1.82) is 0 Å². The number of amides is 2. The number of benzene rings is 1. The van der Waals surface area contributed by atoms with Gasteiger partial charge in [-0.25, -0.2) is 18.9 Å². The lowest BCUT2D eigenvalue weighted by atomic mass is 9.83. The number of aliphatic imine (C=N–C) groups is 1. The van der Waals surface area contributed by atoms with E-state index in [9.17, 15) is 23.1 Å². The number of fused-ring (bicyclic) bond motifs is 3. The van der Waals surface area contributed by atoms with E-state index in [0.29, 0.717) is 58.2 Å². The summed E-state index contributed by atoms with van der Waals surface area (Å²) in [6.45, 7) is -2.45. The third-order valence-electron chi connectivity index (χ3n) is 8.74. The van der Waals surface area contributed by atoms with E-state index in [2.05, 4.69) is 15.4 Å². The molecule has 3 fully saturated rings. The fourth-order valence-electron chi connectivity index (χ4n) is 6.98. The highest BCUT2D eigenvalue weighted by Gasteiger charge is 2.44. The Kier molecular flexibility index (Phi) is 7.42. The third kappa shape index (κ3) is 5.21. The number of urea groups is 1. The number of carbonyl (C=O) groups is 1. The quantitative estimate of drug-likeness (QED) is 0.382. The molecule has 4 aliphatic heterocycles. The largest absolute Gasteiger partial charge is 0.393 e. The molecule has 3 aromatic rings. The third-order valence-corrected chi connectivity index (χ3v) is 9.83. The molecule has 4 aliphatic rings. The summed E-state index contributed by atoms with van der Waals surface area (Å²) in [4.78, 5) is 27.1. The number of thiazole rings is 1. The molecule has 0 saturated carbocycles. The van der Waals surface area contributed by atoms with E-state index >= 15 is 0 Å². The highest BCUT2D eigenvalue weighted by atomic mass is 35.5. The molecule has 0 unspecified atom stereocenters. The molecule has 0 spiro atoms. The van der Waals surface area contributed by atoms with Crippen molar-refractivity contribution in [2.75, 3.05) is 6.54 Å². The summed E-state index contributed by atoms with van der Waals surface area (Å²) in [6, 6.07) is 4.26. The zero-order valence-electron chi connectivity index (χ0n) is 22.9. The van der Waals surface area contributed by atoms with Crippen LogP contribution in [0.4, 0.5) is 18.0 Å². The van der Waals surface area contributed by atoms with Gasteiger partial charge >= 0.3 is 12.6 Å². The summed E-state index contributed by atoms with van der Waals surface area (Å²) >= 11 is 7.94. The second kappa shape index (κ2) is 11.3. The predicted molar refractivity (Wildman–Crippen MR) is 155 cm³/mol. The molecular weight excluding hydrogens is 603 g/mol. The van der Waals surface area contributed by atoms with Gasteiger partial charge in [-0.05, 0) is 50.3 Å². The maximum Gasteiger partial charge on any atom is 0.333 e. The van der Waals surface area contributed by atoms with Crippen LogP contribution in [-0.2, 0) is 0 Å². The number of nitrogens with zero attached hydrogens (tertiary/aromatic N) is 6. The van der Waals surface area contributed by atoms with Gasteiger partial charge in [-0.15, -0.1) is 11.3 Å². The molecule has 14 heteroatoms. The molecular formula is C29H29ClF3N7O2S. The van der Waals surface area contributed by atoms with Crippen molar-refractivity contribution in [1.82, 2.24) is 29.9 Å². The Labute approximate surface area is 254 Å². The number of aromatic nitrogens is 3. The number of piperidine rings is 2. The predicted octanol–water partition coefficient (Wildman–Crippen LogP) is 5.60. The van der Waals surface area contributed by atoms with Crippen LogP contribution in [0.25, 0.3) is 5.57 Å². The molecule has 5 atom stereocenters. The van der Waals surface area contributed by atoms with Crippen LogP contribution in [0.3, 0.4) is 0 Å². The summed E-state index contributed by atoms with van der Waals surface area (Å²) in [5.74, 6) is 0.0484. The molecule has 9 nitrogen and oxygen atoms in total. The minimum atomic E-state index is -2.83. The Morgan fingerprint density at radius 1 is 1.19 bits per heavy atom. The Morgan fingerprint density at radius 3 is 2.65 bits per heavy atom. The lowest BCUT2D eigenvalue weighted by Gasteiger charge is -2.47. The number of alkyl halides is 2. The standard InChI is InChI=1S/C29H29ClF3N7O2S/c30-21-10-15(31)4-5-20(21)25-24(22-6-8-39(37-22)28(32)33)23-11-16(14-38(23)26(36-25)27-34-7-9-43-27)35-29(42)40-17-2-1-3-18(40)13-19(41)12-17/h4-10,16-19,25,28,41H,1-3,11-14H2,(H,35,42)/t16-,17-,18+,19-,25-/m0/s1. The van der Waals surface area contributed by atoms with Gasteiger partial charge in [0.15, 0.2) is 10.8 Å². The Bertz CT molecular complexity index is 1580. The fraction of sp³-hybridized carbons (Fsp3) is 0.448. The van der Waals surface area contributed by atoms with E-state index < -0.39 is 24.5 Å². The van der Waals surface area contributed by atoms with Gasteiger partial charge in [0.05, 0.1) is 17.8 Å². The first-order valence-corrected chi connectivity index (χ1v) is 15.6. The molecule has 2 aromatic heterocycles. The molecule has 226 valence electrons. The highest BCUT2D eigenvalue weighted by molar-refractivity contribution is 7.11. The van der Waals surface area contributed by atoms with Crippen molar-refractivity contribution in [3.8, 4) is 0 Å². The molecule has 1 aromatic carbocycles. The molecule has 43 heavy (non-hydrogen) atoms. The van der Waals surface area contributed by atoms with Gasteiger partial charge in [-0.3, -0.25) is 4.99 Å². The molecule has 6 heterocycles. The zero-order chi connectivity index (χ0) is 29.8. The average Bonchev–Trinajstić information content (AvgIpc) is 3.73. The number of aliphatic hydroxyl groups excluding tert-OH is 1. The van der Waals surface area contributed by atoms with Crippen molar-refractivity contribution >= 4 is 40.4 Å². The second-order valence-corrected chi connectivity index (χ2v) is 12.7. The maximum atomic E-state index is 14.1. The Balaban J connectivity index is 1.29. The summed E-state index contributed by atoms with van der Waals surface area (Å²) in [6.07, 6.45) is 6.77. The monoisotopic (exact) mass is 631 g/mol. The normalized spacial score (nSPS) is 27.0. The summed E-state index contributed by atoms with van der Waals surface area (Å²) < 4.78 is 41.9. The van der Waals surface area contributed by atoms with E-state index in [4.69, 9.17) is 16.6 Å². The molecule has 2 N–H and O–H groups in total. The average molecular weight is 632 g/mol. The number of halogens is 4. The van der Waals surface area contributed by atoms with Gasteiger partial charge < -0.3 is 20.2 Å². The number of carbonyl (C=O) groups excluding carboxylic acids is 1. The van der Waals surface area contributed by atoms with Crippen LogP contribution in [0.15, 0.2) is 52.7 Å². The van der Waals surface area contributed by atoms with Gasteiger partial charge in [0, 0.05) is 64.7 Å². The van der Waals surface area contributed by atoms with Crippen molar-refractivity contribution in [3.05, 3.63) is 74.8 Å². The molecule has 3 saturated heterocycles. The molecule has 7 rings (SSSR count). The lowest BCUT2D eigenvalue weighted by molar-refractivity contribution is -0.00192. The highest BCUT2D eigenvalue weighted by Crippen LogP contribution is 2.46. The second-order valence-electron chi connectivity index (χ2n) is 11.4. The number of aliphatic hydroxyl groups is 1. The summed E-state index contributed by atoms with van der Waals surface area (Å²) in [7, 11) is 0. The topological polar surface area (TPSA) is 98.9 Å². The van der Waals surface area contributed by atoms with Crippen molar-refractivity contribution in [2.45, 2.75) is 75.3 Å². The van der Waals surface area contributed by atoms with Crippen molar-refractivity contribution in [2.24, 2.45) is 4.99 Å².